The van der Waals surface area contributed by atoms with Gasteiger partial charge in [-0.25, -0.2) is 4.68 Å². The Bertz CT molecular complexity index is 474. The first-order valence-electron chi connectivity index (χ1n) is 8.49. The van der Waals surface area contributed by atoms with E-state index in [9.17, 15) is 4.79 Å². The molecular formula is C16H26N4O. The van der Waals surface area contributed by atoms with Crippen LogP contribution >= 0.6 is 0 Å². The van der Waals surface area contributed by atoms with Gasteiger partial charge in [-0.15, -0.1) is 5.10 Å². The molecule has 0 N–H and O–H groups in total. The highest BCUT2D eigenvalue weighted by Crippen LogP contribution is 2.30. The third-order valence-corrected chi connectivity index (χ3v) is 4.63. The lowest BCUT2D eigenvalue weighted by atomic mass is 9.96. The van der Waals surface area contributed by atoms with Gasteiger partial charge >= 0.3 is 0 Å². The first-order valence-corrected chi connectivity index (χ1v) is 8.49. The molecule has 0 aromatic carbocycles. The second kappa shape index (κ2) is 6.58. The van der Waals surface area contributed by atoms with Gasteiger partial charge in [0.2, 0.25) is 0 Å². The molecule has 1 heterocycles. The van der Waals surface area contributed by atoms with Gasteiger partial charge in [0.15, 0.2) is 5.69 Å². The first kappa shape index (κ1) is 14.5. The van der Waals surface area contributed by atoms with Crippen LogP contribution < -0.4 is 0 Å². The van der Waals surface area contributed by atoms with Gasteiger partial charge in [0.25, 0.3) is 5.91 Å². The minimum Gasteiger partial charge on any atom is -0.337 e. The van der Waals surface area contributed by atoms with Crippen molar-refractivity contribution < 1.29 is 4.79 Å². The summed E-state index contributed by atoms with van der Waals surface area (Å²) >= 11 is 0. The van der Waals surface area contributed by atoms with Crippen molar-refractivity contribution in [1.82, 2.24) is 19.9 Å². The van der Waals surface area contributed by atoms with E-state index in [2.05, 4.69) is 17.2 Å². The Morgan fingerprint density at radius 3 is 2.71 bits per heavy atom. The third-order valence-electron chi connectivity index (χ3n) is 4.63. The monoisotopic (exact) mass is 290 g/mol. The molecule has 0 atom stereocenters. The van der Waals surface area contributed by atoms with Crippen LogP contribution in [0, 0.1) is 5.92 Å². The van der Waals surface area contributed by atoms with E-state index in [1.807, 2.05) is 15.8 Å². The number of hydrogen-bond acceptors (Lipinski definition) is 3. The Balaban J connectivity index is 1.66. The Morgan fingerprint density at radius 1 is 1.29 bits per heavy atom. The Morgan fingerprint density at radius 2 is 2.05 bits per heavy atom. The number of carbonyl (C=O) groups excluding carboxylic acids is 1. The van der Waals surface area contributed by atoms with Crippen LogP contribution in [0.1, 0.15) is 74.8 Å². The van der Waals surface area contributed by atoms with Gasteiger partial charge in [0, 0.05) is 13.1 Å². The highest BCUT2D eigenvalue weighted by molar-refractivity contribution is 5.91. The van der Waals surface area contributed by atoms with Crippen molar-refractivity contribution >= 4 is 5.91 Å². The molecule has 2 aliphatic carbocycles. The summed E-state index contributed by atoms with van der Waals surface area (Å²) in [6, 6.07) is 0.441. The topological polar surface area (TPSA) is 51.0 Å². The molecule has 5 heteroatoms. The van der Waals surface area contributed by atoms with Crippen molar-refractivity contribution in [3.8, 4) is 0 Å². The smallest absolute Gasteiger partial charge is 0.276 e. The standard InChI is InChI=1S/C16H26N4O/c1-2-10-19(11-13-8-9-13)16(21)15-12-20(18-17-15)14-6-4-3-5-7-14/h12-14H,2-11H2,1H3. The van der Waals surface area contributed by atoms with Crippen molar-refractivity contribution in [3.63, 3.8) is 0 Å². The quantitative estimate of drug-likeness (QED) is 0.809. The predicted octanol–water partition coefficient (Wildman–Crippen LogP) is 3.05. The Labute approximate surface area is 126 Å². The highest BCUT2D eigenvalue weighted by atomic mass is 16.2. The van der Waals surface area contributed by atoms with Crippen molar-refractivity contribution in [1.29, 1.82) is 0 Å². The maximum atomic E-state index is 12.6. The fraction of sp³-hybridized carbons (Fsp3) is 0.812. The number of rotatable bonds is 6. The molecule has 116 valence electrons. The lowest BCUT2D eigenvalue weighted by Gasteiger charge is -2.21. The molecule has 3 rings (SSSR count). The van der Waals surface area contributed by atoms with E-state index < -0.39 is 0 Å². The molecule has 21 heavy (non-hydrogen) atoms. The lowest BCUT2D eigenvalue weighted by molar-refractivity contribution is 0.0741. The van der Waals surface area contributed by atoms with E-state index in [-0.39, 0.29) is 5.91 Å². The molecule has 0 aliphatic heterocycles. The highest BCUT2D eigenvalue weighted by Gasteiger charge is 2.28. The van der Waals surface area contributed by atoms with Crippen LogP contribution in [-0.4, -0.2) is 38.9 Å². The van der Waals surface area contributed by atoms with Gasteiger partial charge in [0.05, 0.1) is 12.2 Å². The lowest BCUT2D eigenvalue weighted by Crippen LogP contribution is -2.33. The summed E-state index contributed by atoms with van der Waals surface area (Å²) in [5.74, 6) is 0.777. The van der Waals surface area contributed by atoms with Gasteiger partial charge in [-0.1, -0.05) is 31.4 Å². The largest absolute Gasteiger partial charge is 0.337 e. The Hall–Kier alpha value is -1.39. The molecule has 0 bridgehead atoms. The van der Waals surface area contributed by atoms with Crippen LogP contribution in [0.5, 0.6) is 0 Å². The number of hydrogen-bond donors (Lipinski definition) is 0. The molecule has 2 saturated carbocycles. The van der Waals surface area contributed by atoms with Crippen LogP contribution in [0.2, 0.25) is 0 Å². The molecule has 0 spiro atoms. The Kier molecular flexibility index (Phi) is 4.56. The number of nitrogens with zero attached hydrogens (tertiary/aromatic N) is 4. The molecular weight excluding hydrogens is 264 g/mol. The SMILES string of the molecule is CCCN(CC1CC1)C(=O)c1cn(C2CCCCC2)nn1. The average molecular weight is 290 g/mol. The fourth-order valence-electron chi connectivity index (χ4n) is 3.22. The molecule has 2 aliphatic rings. The van der Waals surface area contributed by atoms with Gasteiger partial charge in [-0.3, -0.25) is 4.79 Å². The number of amides is 1. The van der Waals surface area contributed by atoms with E-state index in [1.165, 1.54) is 32.1 Å². The predicted molar refractivity (Wildman–Crippen MR) is 81.1 cm³/mol. The van der Waals surface area contributed by atoms with Crippen LogP contribution in [0.3, 0.4) is 0 Å². The van der Waals surface area contributed by atoms with E-state index >= 15 is 0 Å². The second-order valence-corrected chi connectivity index (χ2v) is 6.57. The van der Waals surface area contributed by atoms with E-state index in [0.29, 0.717) is 17.7 Å². The normalized spacial score (nSPS) is 19.7. The summed E-state index contributed by atoms with van der Waals surface area (Å²) < 4.78 is 1.92. The second-order valence-electron chi connectivity index (χ2n) is 6.57. The minimum atomic E-state index is 0.0609. The van der Waals surface area contributed by atoms with Gasteiger partial charge < -0.3 is 4.90 Å². The van der Waals surface area contributed by atoms with Crippen molar-refractivity contribution in [2.75, 3.05) is 13.1 Å². The molecule has 0 radical (unpaired) electrons. The summed E-state index contributed by atoms with van der Waals surface area (Å²) in [6.07, 6.45) is 11.6. The first-order chi connectivity index (χ1) is 10.3. The maximum absolute atomic E-state index is 12.6. The zero-order chi connectivity index (χ0) is 14.7. The summed E-state index contributed by atoms with van der Waals surface area (Å²) in [5.41, 5.74) is 0.523. The number of carbonyl (C=O) groups is 1. The third kappa shape index (κ3) is 3.63. The van der Waals surface area contributed by atoms with E-state index in [4.69, 9.17) is 0 Å². The van der Waals surface area contributed by atoms with E-state index in [0.717, 1.165) is 32.4 Å². The van der Waals surface area contributed by atoms with Gasteiger partial charge in [0.1, 0.15) is 0 Å². The summed E-state index contributed by atoms with van der Waals surface area (Å²) in [4.78, 5) is 14.6. The fourth-order valence-corrected chi connectivity index (χ4v) is 3.22. The zero-order valence-electron chi connectivity index (χ0n) is 13.0. The summed E-state index contributed by atoms with van der Waals surface area (Å²) in [7, 11) is 0. The zero-order valence-corrected chi connectivity index (χ0v) is 13.0. The van der Waals surface area contributed by atoms with Crippen molar-refractivity contribution in [2.24, 2.45) is 5.92 Å². The van der Waals surface area contributed by atoms with E-state index in [1.54, 1.807) is 0 Å². The molecule has 1 amide bonds. The summed E-state index contributed by atoms with van der Waals surface area (Å²) in [5, 5.41) is 8.36. The molecule has 0 unspecified atom stereocenters. The molecule has 5 nitrogen and oxygen atoms in total. The van der Waals surface area contributed by atoms with Crippen molar-refractivity contribution in [2.45, 2.75) is 64.3 Å². The minimum absolute atomic E-state index is 0.0609. The van der Waals surface area contributed by atoms with Crippen LogP contribution in [-0.2, 0) is 0 Å². The average Bonchev–Trinajstić information content (AvgIpc) is 3.20. The van der Waals surface area contributed by atoms with Gasteiger partial charge in [-0.2, -0.15) is 0 Å². The molecule has 0 saturated heterocycles. The molecule has 1 aromatic heterocycles. The van der Waals surface area contributed by atoms with Crippen LogP contribution in [0.4, 0.5) is 0 Å². The van der Waals surface area contributed by atoms with Crippen LogP contribution in [0.25, 0.3) is 0 Å². The molecule has 2 fully saturated rings. The van der Waals surface area contributed by atoms with Gasteiger partial charge in [-0.05, 0) is 38.0 Å². The van der Waals surface area contributed by atoms with Crippen LogP contribution in [0.15, 0.2) is 6.20 Å². The maximum Gasteiger partial charge on any atom is 0.276 e. The molecule has 1 aromatic rings. The summed E-state index contributed by atoms with van der Waals surface area (Å²) in [6.45, 7) is 3.83. The number of aromatic nitrogens is 3. The van der Waals surface area contributed by atoms with Crippen molar-refractivity contribution in [3.05, 3.63) is 11.9 Å².